The summed E-state index contributed by atoms with van der Waals surface area (Å²) in [6, 6.07) is 9.08. The maximum atomic E-state index is 14.1. The number of likely N-dealkylation sites (N-methyl/N-ethyl adjacent to an activating group) is 1. The Balaban J connectivity index is 1.16. The number of aromatic nitrogens is 2. The lowest BCUT2D eigenvalue weighted by molar-refractivity contribution is -0.138. The summed E-state index contributed by atoms with van der Waals surface area (Å²) in [5.74, 6) is -0.274. The number of piperazine rings is 1. The number of carbonyl (C=O) groups excluding carboxylic acids is 2. The van der Waals surface area contributed by atoms with E-state index < -0.39 is 17.6 Å². The molecule has 3 heterocycles. The molecule has 2 aliphatic rings. The summed E-state index contributed by atoms with van der Waals surface area (Å²) >= 11 is 1.38. The van der Waals surface area contributed by atoms with Gasteiger partial charge in [-0.1, -0.05) is 19.1 Å². The van der Waals surface area contributed by atoms with E-state index in [-0.39, 0.29) is 29.3 Å². The Morgan fingerprint density at radius 1 is 0.978 bits per heavy atom. The Labute approximate surface area is 262 Å². The van der Waals surface area contributed by atoms with Gasteiger partial charge in [-0.25, -0.2) is 9.97 Å². The molecule has 236 valence electrons. The van der Waals surface area contributed by atoms with Crippen LogP contribution in [-0.4, -0.2) is 70.3 Å². The van der Waals surface area contributed by atoms with Gasteiger partial charge in [0.15, 0.2) is 0 Å². The van der Waals surface area contributed by atoms with Gasteiger partial charge < -0.3 is 20.9 Å². The fourth-order valence-corrected chi connectivity index (χ4v) is 6.34. The molecule has 0 radical (unpaired) electrons. The highest BCUT2D eigenvalue weighted by Crippen LogP contribution is 2.35. The van der Waals surface area contributed by atoms with Gasteiger partial charge in [-0.05, 0) is 61.7 Å². The van der Waals surface area contributed by atoms with E-state index in [4.69, 9.17) is 0 Å². The molecule has 1 aliphatic carbocycles. The highest BCUT2D eigenvalue weighted by Gasteiger charge is 2.34. The highest BCUT2D eigenvalue weighted by molar-refractivity contribution is 7.18. The Morgan fingerprint density at radius 3 is 2.44 bits per heavy atom. The van der Waals surface area contributed by atoms with Crippen LogP contribution in [0.4, 0.5) is 30.4 Å². The van der Waals surface area contributed by atoms with E-state index in [0.717, 1.165) is 43.2 Å². The predicted octanol–water partition coefficient (Wildman–Crippen LogP) is 6.23. The molecular weight excluding hydrogens is 603 g/mol. The summed E-state index contributed by atoms with van der Waals surface area (Å²) in [5.41, 5.74) is 1.69. The standard InChI is InChI=1S/C32H34F3N7O2S/c1-3-41-10-12-42(13-11-41)16-21-6-7-23(15-25(21)32(33,34)35)39-30(43)20-5-4-19(2)26(14-20)40-31(44)24-17-45-28-27(24)36-18-37-29(28)38-22-8-9-22/h4-7,14-15,17-18,22H,3,8-13,16H2,1-2H3,(H,39,43)(H,40,44)(H,36,37,38). The van der Waals surface area contributed by atoms with Gasteiger partial charge in [0.2, 0.25) is 0 Å². The lowest BCUT2D eigenvalue weighted by Gasteiger charge is -2.34. The Bertz CT molecular complexity index is 1730. The monoisotopic (exact) mass is 637 g/mol. The molecule has 0 spiro atoms. The van der Waals surface area contributed by atoms with Crippen molar-refractivity contribution in [2.24, 2.45) is 0 Å². The number of halogens is 3. The summed E-state index contributed by atoms with van der Waals surface area (Å²) in [5, 5.41) is 10.6. The van der Waals surface area contributed by atoms with Crippen LogP contribution < -0.4 is 16.0 Å². The SMILES string of the molecule is CCN1CCN(Cc2ccc(NC(=O)c3ccc(C)c(NC(=O)c4csc5c(NC6CC6)ncnc45)c3)cc2C(F)(F)F)CC1. The molecule has 9 nitrogen and oxygen atoms in total. The van der Waals surface area contributed by atoms with Gasteiger partial charge in [0, 0.05) is 61.1 Å². The van der Waals surface area contributed by atoms with E-state index in [1.54, 1.807) is 24.4 Å². The number of hydrogen-bond acceptors (Lipinski definition) is 8. The third-order valence-corrected chi connectivity index (χ3v) is 9.22. The first-order chi connectivity index (χ1) is 21.6. The first kappa shape index (κ1) is 30.9. The first-order valence-corrected chi connectivity index (χ1v) is 15.8. The molecule has 45 heavy (non-hydrogen) atoms. The average molecular weight is 638 g/mol. The minimum absolute atomic E-state index is 0.0399. The number of amides is 2. The van der Waals surface area contributed by atoms with E-state index in [1.807, 2.05) is 4.90 Å². The van der Waals surface area contributed by atoms with Crippen LogP contribution in [-0.2, 0) is 12.7 Å². The normalized spacial score (nSPS) is 16.1. The number of thiophene rings is 1. The zero-order chi connectivity index (χ0) is 31.7. The minimum atomic E-state index is -4.58. The number of aryl methyl sites for hydroxylation is 1. The lowest BCUT2D eigenvalue weighted by Crippen LogP contribution is -2.45. The predicted molar refractivity (Wildman–Crippen MR) is 170 cm³/mol. The quantitative estimate of drug-likeness (QED) is 0.200. The third kappa shape index (κ3) is 7.10. The minimum Gasteiger partial charge on any atom is -0.366 e. The maximum absolute atomic E-state index is 14.1. The summed E-state index contributed by atoms with van der Waals surface area (Å²) in [6.45, 7) is 8.01. The summed E-state index contributed by atoms with van der Waals surface area (Å²) in [4.78, 5) is 39.4. The van der Waals surface area contributed by atoms with Crippen LogP contribution in [0.25, 0.3) is 10.2 Å². The largest absolute Gasteiger partial charge is 0.416 e. The van der Waals surface area contributed by atoms with E-state index in [1.165, 1.54) is 35.9 Å². The van der Waals surface area contributed by atoms with Crippen molar-refractivity contribution in [1.29, 1.82) is 0 Å². The van der Waals surface area contributed by atoms with Crippen LogP contribution in [0.3, 0.4) is 0 Å². The number of hydrogen-bond donors (Lipinski definition) is 3. The number of fused-ring (bicyclic) bond motifs is 1. The number of rotatable bonds is 9. The fourth-order valence-electron chi connectivity index (χ4n) is 5.39. The van der Waals surface area contributed by atoms with Crippen molar-refractivity contribution < 1.29 is 22.8 Å². The van der Waals surface area contributed by atoms with Crippen LogP contribution in [0.1, 0.15) is 57.2 Å². The van der Waals surface area contributed by atoms with E-state index in [9.17, 15) is 22.8 Å². The number of anilines is 3. The van der Waals surface area contributed by atoms with E-state index in [0.29, 0.717) is 47.3 Å². The van der Waals surface area contributed by atoms with Crippen LogP contribution in [0.15, 0.2) is 48.1 Å². The van der Waals surface area contributed by atoms with Gasteiger partial charge in [-0.3, -0.25) is 14.5 Å². The smallest absolute Gasteiger partial charge is 0.366 e. The lowest BCUT2D eigenvalue weighted by atomic mass is 10.0. The molecule has 0 unspecified atom stereocenters. The van der Waals surface area contributed by atoms with Crippen LogP contribution in [0.5, 0.6) is 0 Å². The number of nitrogens with one attached hydrogen (secondary N) is 3. The molecule has 13 heteroatoms. The van der Waals surface area contributed by atoms with Crippen LogP contribution in [0, 0.1) is 6.92 Å². The van der Waals surface area contributed by atoms with Crippen molar-refractivity contribution in [2.75, 3.05) is 48.7 Å². The molecule has 3 N–H and O–H groups in total. The van der Waals surface area contributed by atoms with Crippen molar-refractivity contribution in [3.63, 3.8) is 0 Å². The van der Waals surface area contributed by atoms with Gasteiger partial charge in [0.05, 0.1) is 21.3 Å². The van der Waals surface area contributed by atoms with E-state index >= 15 is 0 Å². The summed E-state index contributed by atoms with van der Waals surface area (Å²) in [7, 11) is 0. The van der Waals surface area contributed by atoms with Crippen molar-refractivity contribution >= 4 is 50.6 Å². The molecule has 6 rings (SSSR count). The number of nitrogens with zero attached hydrogens (tertiary/aromatic N) is 4. The number of carbonyl (C=O) groups is 2. The van der Waals surface area contributed by atoms with Gasteiger partial charge in [-0.2, -0.15) is 13.2 Å². The fraction of sp³-hybridized carbons (Fsp3) is 0.375. The van der Waals surface area contributed by atoms with Crippen molar-refractivity contribution in [3.05, 3.63) is 75.9 Å². The molecule has 2 fully saturated rings. The zero-order valence-corrected chi connectivity index (χ0v) is 25.8. The highest BCUT2D eigenvalue weighted by atomic mass is 32.1. The molecule has 4 aromatic rings. The third-order valence-electron chi connectivity index (χ3n) is 8.24. The van der Waals surface area contributed by atoms with Gasteiger partial charge in [-0.15, -0.1) is 11.3 Å². The molecule has 2 amide bonds. The van der Waals surface area contributed by atoms with Gasteiger partial charge in [0.1, 0.15) is 12.1 Å². The number of benzene rings is 2. The van der Waals surface area contributed by atoms with Crippen LogP contribution in [0.2, 0.25) is 0 Å². The van der Waals surface area contributed by atoms with E-state index in [2.05, 4.69) is 37.7 Å². The van der Waals surface area contributed by atoms with Crippen molar-refractivity contribution in [3.8, 4) is 0 Å². The van der Waals surface area contributed by atoms with Gasteiger partial charge >= 0.3 is 6.18 Å². The number of alkyl halides is 3. The average Bonchev–Trinajstić information content (AvgIpc) is 3.73. The molecule has 2 aromatic heterocycles. The van der Waals surface area contributed by atoms with Crippen molar-refractivity contribution in [1.82, 2.24) is 19.8 Å². The second-order valence-electron chi connectivity index (χ2n) is 11.5. The Kier molecular flexibility index (Phi) is 8.76. The molecule has 0 bridgehead atoms. The molecule has 2 aromatic carbocycles. The molecule has 1 saturated heterocycles. The summed E-state index contributed by atoms with van der Waals surface area (Å²) < 4.78 is 43.0. The topological polar surface area (TPSA) is 102 Å². The molecule has 1 saturated carbocycles. The second kappa shape index (κ2) is 12.7. The summed E-state index contributed by atoms with van der Waals surface area (Å²) in [6.07, 6.45) is -0.983. The molecular formula is C32H34F3N7O2S. The Morgan fingerprint density at radius 2 is 1.73 bits per heavy atom. The van der Waals surface area contributed by atoms with Crippen molar-refractivity contribution in [2.45, 2.75) is 45.5 Å². The maximum Gasteiger partial charge on any atom is 0.416 e. The first-order valence-electron chi connectivity index (χ1n) is 15.0. The Hall–Kier alpha value is -4.07. The zero-order valence-electron chi connectivity index (χ0n) is 25.0. The second-order valence-corrected chi connectivity index (χ2v) is 12.4. The van der Waals surface area contributed by atoms with Gasteiger partial charge in [0.25, 0.3) is 11.8 Å². The van der Waals surface area contributed by atoms with Crippen LogP contribution >= 0.6 is 11.3 Å². The molecule has 1 aliphatic heterocycles. The molecule has 0 atom stereocenters.